The fourth-order valence-electron chi connectivity index (χ4n) is 2.27. The van der Waals surface area contributed by atoms with Crippen LogP contribution in [0.1, 0.15) is 17.2 Å². The second-order valence-electron chi connectivity index (χ2n) is 4.28. The van der Waals surface area contributed by atoms with E-state index in [0.717, 1.165) is 21.3 Å². The van der Waals surface area contributed by atoms with E-state index >= 15 is 0 Å². The number of furan rings is 1. The van der Waals surface area contributed by atoms with Crippen LogP contribution in [0.5, 0.6) is 5.95 Å². The highest BCUT2D eigenvalue weighted by Gasteiger charge is 2.30. The molecule has 2 N–H and O–H groups in total. The molecule has 0 saturated heterocycles. The van der Waals surface area contributed by atoms with Gasteiger partial charge in [0.05, 0.1) is 11.3 Å². The van der Waals surface area contributed by atoms with Crippen molar-refractivity contribution in [3.63, 3.8) is 0 Å². The lowest BCUT2D eigenvalue weighted by molar-refractivity contribution is 0.326. The highest BCUT2D eigenvalue weighted by Crippen LogP contribution is 2.44. The molecule has 4 nitrogen and oxygen atoms in total. The van der Waals surface area contributed by atoms with Gasteiger partial charge in [-0.05, 0) is 24.1 Å². The van der Waals surface area contributed by atoms with Crippen LogP contribution in [0.4, 0.5) is 5.69 Å². The van der Waals surface area contributed by atoms with E-state index in [1.54, 1.807) is 11.8 Å². The van der Waals surface area contributed by atoms with Crippen molar-refractivity contribution in [3.05, 3.63) is 41.7 Å². The van der Waals surface area contributed by atoms with Gasteiger partial charge in [0, 0.05) is 4.90 Å². The van der Waals surface area contributed by atoms with Crippen LogP contribution in [-0.4, -0.2) is 22.8 Å². The maximum absolute atomic E-state index is 9.96. The van der Waals surface area contributed by atoms with Gasteiger partial charge in [-0.2, -0.15) is 0 Å². The number of rotatable bonds is 2. The van der Waals surface area contributed by atoms with Crippen molar-refractivity contribution >= 4 is 34.4 Å². The molecule has 0 aliphatic carbocycles. The Hall–Kier alpha value is -1.53. The molecule has 2 aromatic rings. The molecule has 0 radical (unpaired) electrons. The van der Waals surface area contributed by atoms with E-state index in [4.69, 9.17) is 4.42 Å². The zero-order valence-electron chi connectivity index (χ0n) is 11.1. The summed E-state index contributed by atoms with van der Waals surface area (Å²) in [6.45, 7) is 0. The predicted octanol–water partition coefficient (Wildman–Crippen LogP) is 3.94. The van der Waals surface area contributed by atoms with Gasteiger partial charge in [-0.1, -0.05) is 30.0 Å². The number of anilines is 1. The second kappa shape index (κ2) is 5.46. The highest BCUT2D eigenvalue weighted by atomic mass is 32.2. The van der Waals surface area contributed by atoms with Crippen LogP contribution in [0, 0.1) is 0 Å². The Morgan fingerprint density at radius 1 is 1.25 bits per heavy atom. The number of thioether (sulfide) groups is 2. The lowest BCUT2D eigenvalue weighted by atomic mass is 9.99. The molecule has 20 heavy (non-hydrogen) atoms. The third-order valence-electron chi connectivity index (χ3n) is 3.20. The fraction of sp³-hybridized carbons (Fsp3) is 0.214. The van der Waals surface area contributed by atoms with Crippen LogP contribution in [-0.2, 0) is 0 Å². The molecule has 0 saturated carbocycles. The molecule has 0 amide bonds. The van der Waals surface area contributed by atoms with E-state index in [9.17, 15) is 5.11 Å². The van der Waals surface area contributed by atoms with Gasteiger partial charge < -0.3 is 14.8 Å². The molecule has 1 aromatic carbocycles. The normalized spacial score (nSPS) is 17.3. The molecular weight excluding hydrogens is 292 g/mol. The molecule has 0 fully saturated rings. The molecular formula is C14H14N2O2S2. The van der Waals surface area contributed by atoms with Crippen LogP contribution in [0.15, 0.2) is 44.8 Å². The van der Waals surface area contributed by atoms with E-state index in [1.165, 1.54) is 18.0 Å². The van der Waals surface area contributed by atoms with Crippen molar-refractivity contribution in [3.8, 4) is 5.95 Å². The van der Waals surface area contributed by atoms with Crippen molar-refractivity contribution in [1.82, 2.24) is 0 Å². The summed E-state index contributed by atoms with van der Waals surface area (Å²) in [5.41, 5.74) is 2.55. The topological polar surface area (TPSA) is 57.8 Å². The van der Waals surface area contributed by atoms with Gasteiger partial charge in [-0.25, -0.2) is 4.99 Å². The summed E-state index contributed by atoms with van der Waals surface area (Å²) >= 11 is 3.21. The van der Waals surface area contributed by atoms with E-state index in [-0.39, 0.29) is 12.0 Å². The molecule has 1 aliphatic rings. The molecule has 6 heteroatoms. The van der Waals surface area contributed by atoms with Crippen molar-refractivity contribution in [1.29, 1.82) is 0 Å². The molecule has 104 valence electrons. The average molecular weight is 306 g/mol. The van der Waals surface area contributed by atoms with Crippen LogP contribution in [0.3, 0.4) is 0 Å². The number of aromatic hydroxyl groups is 1. The Morgan fingerprint density at radius 3 is 2.80 bits per heavy atom. The Labute approximate surface area is 125 Å². The minimum atomic E-state index is -0.240. The van der Waals surface area contributed by atoms with Crippen molar-refractivity contribution in [2.45, 2.75) is 10.9 Å². The summed E-state index contributed by atoms with van der Waals surface area (Å²) in [6, 6.07) is 7.86. The van der Waals surface area contributed by atoms with E-state index < -0.39 is 0 Å². The zero-order chi connectivity index (χ0) is 14.1. The first-order valence-corrected chi connectivity index (χ1v) is 8.51. The minimum Gasteiger partial charge on any atom is -0.480 e. The maximum Gasteiger partial charge on any atom is 0.289 e. The van der Waals surface area contributed by atoms with Crippen LogP contribution in [0.25, 0.3) is 0 Å². The summed E-state index contributed by atoms with van der Waals surface area (Å²) in [6.07, 6.45) is 5.54. The minimum absolute atomic E-state index is 0.0719. The lowest BCUT2D eigenvalue weighted by Crippen LogP contribution is -2.17. The maximum atomic E-state index is 9.96. The quantitative estimate of drug-likeness (QED) is 0.823. The fourth-order valence-corrected chi connectivity index (χ4v) is 3.32. The van der Waals surface area contributed by atoms with Gasteiger partial charge in [0.2, 0.25) is 0 Å². The number of amidine groups is 1. The van der Waals surface area contributed by atoms with E-state index in [0.29, 0.717) is 5.56 Å². The van der Waals surface area contributed by atoms with Gasteiger partial charge in [0.25, 0.3) is 5.95 Å². The van der Waals surface area contributed by atoms with Gasteiger partial charge >= 0.3 is 0 Å². The number of benzene rings is 1. The van der Waals surface area contributed by atoms with Crippen LogP contribution >= 0.6 is 23.5 Å². The Morgan fingerprint density at radius 2 is 2.05 bits per heavy atom. The van der Waals surface area contributed by atoms with E-state index in [1.807, 2.05) is 30.7 Å². The first kappa shape index (κ1) is 13.5. The third-order valence-corrected chi connectivity index (χ3v) is 4.60. The number of aliphatic imine (C=N–C) groups is 1. The average Bonchev–Trinajstić information content (AvgIpc) is 2.87. The van der Waals surface area contributed by atoms with Gasteiger partial charge in [0.1, 0.15) is 12.3 Å². The first-order chi connectivity index (χ1) is 9.74. The number of hydrogen-bond acceptors (Lipinski definition) is 6. The SMILES string of the molecule is CSC1=NC(c2ccccc2SC)c2c(coc2O)N1. The first-order valence-electron chi connectivity index (χ1n) is 6.06. The zero-order valence-corrected chi connectivity index (χ0v) is 12.7. The number of hydrogen-bond donors (Lipinski definition) is 2. The standard InChI is InChI=1S/C14H14N2O2S2/c1-19-10-6-4-3-5-8(10)12-11-9(7-18-13(11)17)15-14(16-12)20-2/h3-7,12,17H,1-2H3,(H,15,16). The molecule has 1 aliphatic heterocycles. The molecule has 1 atom stereocenters. The van der Waals surface area contributed by atoms with E-state index in [2.05, 4.69) is 16.4 Å². The molecule has 1 aromatic heterocycles. The Balaban J connectivity index is 2.16. The number of fused-ring (bicyclic) bond motifs is 1. The summed E-state index contributed by atoms with van der Waals surface area (Å²) < 4.78 is 5.14. The number of nitrogens with zero attached hydrogens (tertiary/aromatic N) is 1. The van der Waals surface area contributed by atoms with Crippen molar-refractivity contribution < 1.29 is 9.52 Å². The monoisotopic (exact) mass is 306 g/mol. The number of nitrogens with one attached hydrogen (secondary N) is 1. The third kappa shape index (κ3) is 2.19. The largest absolute Gasteiger partial charge is 0.480 e. The van der Waals surface area contributed by atoms with Crippen LogP contribution < -0.4 is 5.32 Å². The highest BCUT2D eigenvalue weighted by molar-refractivity contribution is 8.13. The van der Waals surface area contributed by atoms with Gasteiger partial charge in [0.15, 0.2) is 5.17 Å². The lowest BCUT2D eigenvalue weighted by Gasteiger charge is -2.22. The molecule has 2 heterocycles. The van der Waals surface area contributed by atoms with Gasteiger partial charge in [-0.15, -0.1) is 11.8 Å². The molecule has 0 spiro atoms. The van der Waals surface area contributed by atoms with Crippen molar-refractivity contribution in [2.75, 3.05) is 17.8 Å². The summed E-state index contributed by atoms with van der Waals surface area (Å²) in [7, 11) is 0. The Kier molecular flexibility index (Phi) is 3.67. The molecule has 3 rings (SSSR count). The van der Waals surface area contributed by atoms with Gasteiger partial charge in [-0.3, -0.25) is 0 Å². The van der Waals surface area contributed by atoms with Crippen LogP contribution in [0.2, 0.25) is 0 Å². The Bertz CT molecular complexity index is 667. The summed E-state index contributed by atoms with van der Waals surface area (Å²) in [5.74, 6) is -0.0719. The predicted molar refractivity (Wildman–Crippen MR) is 85.0 cm³/mol. The summed E-state index contributed by atoms with van der Waals surface area (Å²) in [4.78, 5) is 5.84. The molecule has 1 unspecified atom stereocenters. The molecule has 0 bridgehead atoms. The summed E-state index contributed by atoms with van der Waals surface area (Å²) in [5, 5.41) is 13.9. The second-order valence-corrected chi connectivity index (χ2v) is 5.92. The smallest absolute Gasteiger partial charge is 0.289 e. The van der Waals surface area contributed by atoms with Crippen molar-refractivity contribution in [2.24, 2.45) is 4.99 Å².